The molecular weight excluding hydrogens is 178 g/mol. The molecular formula is C11H16NS+. The number of thioether (sulfide) groups is 1. The monoisotopic (exact) mass is 194 g/mol. The maximum absolute atomic E-state index is 2.45. The molecule has 0 amide bonds. The van der Waals surface area contributed by atoms with Gasteiger partial charge < -0.3 is 5.32 Å². The molecule has 0 atom stereocenters. The molecule has 2 N–H and O–H groups in total. The fourth-order valence-electron chi connectivity index (χ4n) is 1.40. The van der Waals surface area contributed by atoms with Gasteiger partial charge in [-0.25, -0.2) is 0 Å². The molecule has 1 nitrogen and oxygen atoms in total. The summed E-state index contributed by atoms with van der Waals surface area (Å²) in [6.45, 7) is 1.15. The van der Waals surface area contributed by atoms with E-state index in [1.807, 2.05) is 0 Å². The van der Waals surface area contributed by atoms with Gasteiger partial charge in [-0.1, -0.05) is 12.1 Å². The minimum atomic E-state index is 0.931. The van der Waals surface area contributed by atoms with Crippen molar-refractivity contribution in [3.63, 3.8) is 0 Å². The highest BCUT2D eigenvalue weighted by Gasteiger charge is 2.24. The van der Waals surface area contributed by atoms with Crippen molar-refractivity contribution in [2.75, 3.05) is 6.26 Å². The third kappa shape index (κ3) is 2.75. The highest BCUT2D eigenvalue weighted by atomic mass is 32.2. The number of rotatable bonds is 4. The van der Waals surface area contributed by atoms with Crippen LogP contribution in [0.2, 0.25) is 0 Å². The van der Waals surface area contributed by atoms with Gasteiger partial charge in [0, 0.05) is 23.3 Å². The van der Waals surface area contributed by atoms with Crippen LogP contribution in [0.15, 0.2) is 29.2 Å². The second kappa shape index (κ2) is 4.16. The molecule has 2 rings (SSSR count). The van der Waals surface area contributed by atoms with Crippen molar-refractivity contribution >= 4 is 11.8 Å². The Morgan fingerprint density at radius 3 is 2.54 bits per heavy atom. The Balaban J connectivity index is 1.88. The molecule has 0 aromatic heterocycles. The van der Waals surface area contributed by atoms with E-state index in [1.165, 1.54) is 23.3 Å². The van der Waals surface area contributed by atoms with Crippen molar-refractivity contribution in [1.29, 1.82) is 0 Å². The van der Waals surface area contributed by atoms with Crippen molar-refractivity contribution in [1.82, 2.24) is 0 Å². The Bertz CT molecular complexity index is 264. The molecule has 1 aromatic rings. The Morgan fingerprint density at radius 1 is 1.31 bits per heavy atom. The zero-order valence-electron chi connectivity index (χ0n) is 7.99. The smallest absolute Gasteiger partial charge is 0.101 e. The molecule has 70 valence electrons. The summed E-state index contributed by atoms with van der Waals surface area (Å²) in [7, 11) is 0. The topological polar surface area (TPSA) is 16.6 Å². The fourth-order valence-corrected chi connectivity index (χ4v) is 1.80. The highest BCUT2D eigenvalue weighted by Crippen LogP contribution is 2.16. The molecule has 0 bridgehead atoms. The molecule has 0 unspecified atom stereocenters. The van der Waals surface area contributed by atoms with E-state index >= 15 is 0 Å². The highest BCUT2D eigenvalue weighted by molar-refractivity contribution is 7.98. The molecule has 0 saturated heterocycles. The van der Waals surface area contributed by atoms with Crippen LogP contribution >= 0.6 is 11.8 Å². The average molecular weight is 194 g/mol. The van der Waals surface area contributed by atoms with Crippen LogP contribution in [0.4, 0.5) is 0 Å². The van der Waals surface area contributed by atoms with Gasteiger partial charge in [-0.15, -0.1) is 11.8 Å². The summed E-state index contributed by atoms with van der Waals surface area (Å²) in [6, 6.07) is 9.83. The maximum atomic E-state index is 2.45. The van der Waals surface area contributed by atoms with E-state index in [0.717, 1.165) is 12.6 Å². The van der Waals surface area contributed by atoms with Crippen LogP contribution in [-0.2, 0) is 6.54 Å². The molecule has 0 aliphatic heterocycles. The van der Waals surface area contributed by atoms with E-state index in [-0.39, 0.29) is 0 Å². The molecule has 1 aromatic carbocycles. The van der Waals surface area contributed by atoms with E-state index in [1.54, 1.807) is 11.8 Å². The number of benzene rings is 1. The van der Waals surface area contributed by atoms with E-state index < -0.39 is 0 Å². The molecule has 0 heterocycles. The third-order valence-electron chi connectivity index (χ3n) is 2.47. The summed E-state index contributed by atoms with van der Waals surface area (Å²) >= 11 is 1.80. The molecule has 1 aliphatic carbocycles. The molecule has 0 spiro atoms. The minimum Gasteiger partial charge on any atom is -0.340 e. The van der Waals surface area contributed by atoms with Crippen LogP contribution in [0, 0.1) is 0 Å². The van der Waals surface area contributed by atoms with Crippen molar-refractivity contribution in [2.24, 2.45) is 0 Å². The average Bonchev–Trinajstić information content (AvgIpc) is 2.99. The quantitative estimate of drug-likeness (QED) is 0.721. The lowest BCUT2D eigenvalue weighted by atomic mass is 10.2. The van der Waals surface area contributed by atoms with Gasteiger partial charge in [-0.3, -0.25) is 0 Å². The van der Waals surface area contributed by atoms with Crippen LogP contribution < -0.4 is 5.32 Å². The third-order valence-corrected chi connectivity index (χ3v) is 3.21. The van der Waals surface area contributed by atoms with Crippen molar-refractivity contribution < 1.29 is 5.32 Å². The predicted octanol–water partition coefficient (Wildman–Crippen LogP) is 1.63. The zero-order chi connectivity index (χ0) is 9.10. The first kappa shape index (κ1) is 9.10. The Hall–Kier alpha value is -0.470. The van der Waals surface area contributed by atoms with Crippen LogP contribution in [0.1, 0.15) is 18.4 Å². The van der Waals surface area contributed by atoms with Gasteiger partial charge in [-0.05, 0) is 18.4 Å². The lowest BCUT2D eigenvalue weighted by molar-refractivity contribution is -0.683. The van der Waals surface area contributed by atoms with Gasteiger partial charge in [0.1, 0.15) is 6.54 Å². The molecule has 1 saturated carbocycles. The lowest BCUT2D eigenvalue weighted by Crippen LogP contribution is -2.84. The summed E-state index contributed by atoms with van der Waals surface area (Å²) in [5, 5.41) is 2.45. The zero-order valence-corrected chi connectivity index (χ0v) is 8.81. The van der Waals surface area contributed by atoms with E-state index in [4.69, 9.17) is 0 Å². The van der Waals surface area contributed by atoms with Gasteiger partial charge >= 0.3 is 0 Å². The Labute approximate surface area is 83.9 Å². The van der Waals surface area contributed by atoms with Gasteiger partial charge in [0.05, 0.1) is 6.04 Å². The molecule has 2 heteroatoms. The fraction of sp³-hybridized carbons (Fsp3) is 0.455. The van der Waals surface area contributed by atoms with Crippen LogP contribution in [-0.4, -0.2) is 12.3 Å². The largest absolute Gasteiger partial charge is 0.340 e. The number of hydrogen-bond donors (Lipinski definition) is 1. The lowest BCUT2D eigenvalue weighted by Gasteiger charge is -2.01. The summed E-state index contributed by atoms with van der Waals surface area (Å²) in [5.41, 5.74) is 1.45. The van der Waals surface area contributed by atoms with Gasteiger partial charge in [0.15, 0.2) is 0 Å². The van der Waals surface area contributed by atoms with E-state index in [9.17, 15) is 0 Å². The van der Waals surface area contributed by atoms with Crippen molar-refractivity contribution in [3.8, 4) is 0 Å². The maximum Gasteiger partial charge on any atom is 0.101 e. The van der Waals surface area contributed by atoms with Gasteiger partial charge in [-0.2, -0.15) is 0 Å². The first-order valence-corrected chi connectivity index (χ1v) is 6.07. The molecule has 1 fully saturated rings. The Morgan fingerprint density at radius 2 is 2.00 bits per heavy atom. The van der Waals surface area contributed by atoms with Crippen molar-refractivity contribution in [3.05, 3.63) is 29.8 Å². The molecule has 13 heavy (non-hydrogen) atoms. The normalized spacial score (nSPS) is 16.1. The van der Waals surface area contributed by atoms with Gasteiger partial charge in [0.2, 0.25) is 0 Å². The molecule has 1 aliphatic rings. The van der Waals surface area contributed by atoms with Crippen LogP contribution in [0.25, 0.3) is 0 Å². The molecule has 0 radical (unpaired) electrons. The Kier molecular flexibility index (Phi) is 2.91. The SMILES string of the molecule is CSc1ccc(C[NH2+]C2CC2)cc1. The standard InChI is InChI=1S/C11H15NS/c1-13-11-6-2-9(3-7-11)8-12-10-4-5-10/h2-3,6-7,10,12H,4-5,8H2,1H3/p+1. The number of nitrogens with two attached hydrogens (primary N) is 1. The van der Waals surface area contributed by atoms with Crippen molar-refractivity contribution in [2.45, 2.75) is 30.3 Å². The van der Waals surface area contributed by atoms with Gasteiger partial charge in [0.25, 0.3) is 0 Å². The summed E-state index contributed by atoms with van der Waals surface area (Å²) < 4.78 is 0. The second-order valence-electron chi connectivity index (χ2n) is 3.63. The van der Waals surface area contributed by atoms with Crippen LogP contribution in [0.3, 0.4) is 0 Å². The second-order valence-corrected chi connectivity index (χ2v) is 4.50. The first-order chi connectivity index (χ1) is 6.38. The minimum absolute atomic E-state index is 0.931. The van der Waals surface area contributed by atoms with E-state index in [2.05, 4.69) is 35.8 Å². The van der Waals surface area contributed by atoms with Crippen LogP contribution in [0.5, 0.6) is 0 Å². The van der Waals surface area contributed by atoms with E-state index in [0.29, 0.717) is 0 Å². The summed E-state index contributed by atoms with van der Waals surface area (Å²) in [4.78, 5) is 1.36. The number of hydrogen-bond acceptors (Lipinski definition) is 1. The summed E-state index contributed by atoms with van der Waals surface area (Å²) in [5.74, 6) is 0. The predicted molar refractivity (Wildman–Crippen MR) is 56.9 cm³/mol. The summed E-state index contributed by atoms with van der Waals surface area (Å²) in [6.07, 6.45) is 4.96. The first-order valence-electron chi connectivity index (χ1n) is 4.85. The number of quaternary nitrogens is 1.